The molecule has 4 atom stereocenters. The van der Waals surface area contributed by atoms with E-state index in [1.54, 1.807) is 0 Å². The first kappa shape index (κ1) is 19.7. The summed E-state index contributed by atoms with van der Waals surface area (Å²) in [6, 6.07) is 0. The first-order chi connectivity index (χ1) is 11.0. The van der Waals surface area contributed by atoms with E-state index in [1.165, 1.54) is 0 Å². The first-order valence-corrected chi connectivity index (χ1v) is 9.13. The fourth-order valence-electron chi connectivity index (χ4n) is 3.38. The standard InChI is InChI=1S/C19H32O4/c1-4-7-11-14(6-3)17(10-5-2)23-19(22)16-13-9-8-12-15(16)18(20)21/h8-9,14-17H,4-7,10-13H2,1-3H3,(H,20,21). The van der Waals surface area contributed by atoms with E-state index in [9.17, 15) is 14.7 Å². The molecule has 4 nitrogen and oxygen atoms in total. The number of carbonyl (C=O) groups is 2. The van der Waals surface area contributed by atoms with Gasteiger partial charge in [0.2, 0.25) is 0 Å². The lowest BCUT2D eigenvalue weighted by Crippen LogP contribution is -2.36. The molecule has 0 aromatic rings. The summed E-state index contributed by atoms with van der Waals surface area (Å²) in [5.74, 6) is -2.04. The van der Waals surface area contributed by atoms with Crippen LogP contribution in [0, 0.1) is 17.8 Å². The van der Waals surface area contributed by atoms with Gasteiger partial charge in [-0.1, -0.05) is 52.2 Å². The van der Waals surface area contributed by atoms with Gasteiger partial charge in [0.25, 0.3) is 0 Å². The van der Waals surface area contributed by atoms with Crippen LogP contribution in [-0.2, 0) is 14.3 Å². The van der Waals surface area contributed by atoms with Crippen LogP contribution in [0.25, 0.3) is 0 Å². The van der Waals surface area contributed by atoms with Gasteiger partial charge in [-0.15, -0.1) is 0 Å². The van der Waals surface area contributed by atoms with Crippen molar-refractivity contribution in [1.82, 2.24) is 0 Å². The predicted octanol–water partition coefficient (Wildman–Crippen LogP) is 4.58. The molecule has 0 heterocycles. The second-order valence-electron chi connectivity index (χ2n) is 6.57. The maximum atomic E-state index is 12.6. The van der Waals surface area contributed by atoms with E-state index in [0.29, 0.717) is 18.8 Å². The Labute approximate surface area is 140 Å². The summed E-state index contributed by atoms with van der Waals surface area (Å²) >= 11 is 0. The summed E-state index contributed by atoms with van der Waals surface area (Å²) < 4.78 is 5.82. The largest absolute Gasteiger partial charge is 0.481 e. The second kappa shape index (κ2) is 10.5. The lowest BCUT2D eigenvalue weighted by molar-refractivity contribution is -0.164. The van der Waals surface area contributed by atoms with Crippen LogP contribution in [-0.4, -0.2) is 23.1 Å². The number of unbranched alkanes of at least 4 members (excludes halogenated alkanes) is 1. The van der Waals surface area contributed by atoms with E-state index in [4.69, 9.17) is 4.74 Å². The summed E-state index contributed by atoms with van der Waals surface area (Å²) in [6.07, 6.45) is 10.7. The molecule has 0 aromatic carbocycles. The van der Waals surface area contributed by atoms with Gasteiger partial charge in [0.1, 0.15) is 6.10 Å². The van der Waals surface area contributed by atoms with Crippen molar-refractivity contribution < 1.29 is 19.4 Å². The number of aliphatic carboxylic acids is 1. The van der Waals surface area contributed by atoms with Crippen LogP contribution < -0.4 is 0 Å². The molecule has 1 rings (SSSR count). The minimum atomic E-state index is -0.902. The van der Waals surface area contributed by atoms with Gasteiger partial charge in [0, 0.05) is 0 Å². The number of ether oxygens (including phenoxy) is 1. The third kappa shape index (κ3) is 6.00. The van der Waals surface area contributed by atoms with Gasteiger partial charge < -0.3 is 9.84 Å². The highest BCUT2D eigenvalue weighted by molar-refractivity contribution is 5.81. The highest BCUT2D eigenvalue weighted by Crippen LogP contribution is 2.30. The molecule has 0 amide bonds. The minimum absolute atomic E-state index is 0.0793. The number of rotatable bonds is 10. The number of carboxylic acid groups (broad SMARTS) is 1. The number of hydrogen-bond donors (Lipinski definition) is 1. The Morgan fingerprint density at radius 3 is 2.26 bits per heavy atom. The van der Waals surface area contributed by atoms with Crippen molar-refractivity contribution in [3.05, 3.63) is 12.2 Å². The lowest BCUT2D eigenvalue weighted by Gasteiger charge is -2.30. The predicted molar refractivity (Wildman–Crippen MR) is 91.1 cm³/mol. The zero-order valence-corrected chi connectivity index (χ0v) is 14.8. The van der Waals surface area contributed by atoms with Crippen molar-refractivity contribution >= 4 is 11.9 Å². The number of allylic oxidation sites excluding steroid dienone is 2. The van der Waals surface area contributed by atoms with Crippen LogP contribution in [0.15, 0.2) is 12.2 Å². The Morgan fingerprint density at radius 2 is 1.74 bits per heavy atom. The van der Waals surface area contributed by atoms with E-state index < -0.39 is 17.8 Å². The molecule has 1 aliphatic rings. The van der Waals surface area contributed by atoms with E-state index in [0.717, 1.165) is 38.5 Å². The molecule has 4 unspecified atom stereocenters. The normalized spacial score (nSPS) is 23.3. The minimum Gasteiger partial charge on any atom is -0.481 e. The molecule has 0 saturated heterocycles. The van der Waals surface area contributed by atoms with Crippen LogP contribution >= 0.6 is 0 Å². The number of esters is 1. The van der Waals surface area contributed by atoms with Gasteiger partial charge in [-0.25, -0.2) is 0 Å². The lowest BCUT2D eigenvalue weighted by atomic mass is 9.83. The fourth-order valence-corrected chi connectivity index (χ4v) is 3.38. The maximum absolute atomic E-state index is 12.6. The second-order valence-corrected chi connectivity index (χ2v) is 6.57. The Morgan fingerprint density at radius 1 is 1.09 bits per heavy atom. The fraction of sp³-hybridized carbons (Fsp3) is 0.789. The van der Waals surface area contributed by atoms with Gasteiger partial charge in [-0.2, -0.15) is 0 Å². The van der Waals surface area contributed by atoms with Gasteiger partial charge >= 0.3 is 11.9 Å². The molecule has 0 aromatic heterocycles. The Balaban J connectivity index is 2.75. The number of carboxylic acids is 1. The Hall–Kier alpha value is -1.32. The Kier molecular flexibility index (Phi) is 8.97. The van der Waals surface area contributed by atoms with Crippen LogP contribution in [0.3, 0.4) is 0 Å². The highest BCUT2D eigenvalue weighted by Gasteiger charge is 2.36. The Bertz CT molecular complexity index is 402. The number of hydrogen-bond acceptors (Lipinski definition) is 3. The van der Waals surface area contributed by atoms with Crippen molar-refractivity contribution in [3.63, 3.8) is 0 Å². The van der Waals surface area contributed by atoms with E-state index in [2.05, 4.69) is 20.8 Å². The molecule has 132 valence electrons. The average molecular weight is 324 g/mol. The van der Waals surface area contributed by atoms with Gasteiger partial charge in [-0.3, -0.25) is 9.59 Å². The zero-order chi connectivity index (χ0) is 17.2. The van der Waals surface area contributed by atoms with Gasteiger partial charge in [0.05, 0.1) is 11.8 Å². The van der Waals surface area contributed by atoms with Crippen LogP contribution in [0.2, 0.25) is 0 Å². The van der Waals surface area contributed by atoms with Gasteiger partial charge in [0.15, 0.2) is 0 Å². The smallest absolute Gasteiger partial charge is 0.310 e. The van der Waals surface area contributed by atoms with E-state index in [-0.39, 0.29) is 12.1 Å². The van der Waals surface area contributed by atoms with Gasteiger partial charge in [-0.05, 0) is 38.0 Å². The molecule has 0 spiro atoms. The van der Waals surface area contributed by atoms with Crippen molar-refractivity contribution in [1.29, 1.82) is 0 Å². The summed E-state index contributed by atoms with van der Waals surface area (Å²) in [5, 5.41) is 9.32. The molecule has 0 bridgehead atoms. The summed E-state index contributed by atoms with van der Waals surface area (Å²) in [6.45, 7) is 6.40. The summed E-state index contributed by atoms with van der Waals surface area (Å²) in [7, 11) is 0. The van der Waals surface area contributed by atoms with Crippen molar-refractivity contribution in [3.8, 4) is 0 Å². The summed E-state index contributed by atoms with van der Waals surface area (Å²) in [4.78, 5) is 23.9. The molecular weight excluding hydrogens is 292 g/mol. The average Bonchev–Trinajstić information content (AvgIpc) is 2.55. The molecule has 1 N–H and O–H groups in total. The quantitative estimate of drug-likeness (QED) is 0.472. The van der Waals surface area contributed by atoms with Crippen LogP contribution in [0.4, 0.5) is 0 Å². The van der Waals surface area contributed by atoms with E-state index in [1.807, 2.05) is 12.2 Å². The van der Waals surface area contributed by atoms with Crippen molar-refractivity contribution in [2.75, 3.05) is 0 Å². The van der Waals surface area contributed by atoms with Crippen LogP contribution in [0.1, 0.15) is 72.1 Å². The molecular formula is C19H32O4. The number of carbonyl (C=O) groups excluding carboxylic acids is 1. The molecule has 4 heteroatoms. The topological polar surface area (TPSA) is 63.6 Å². The first-order valence-electron chi connectivity index (χ1n) is 9.13. The van der Waals surface area contributed by atoms with E-state index >= 15 is 0 Å². The monoisotopic (exact) mass is 324 g/mol. The van der Waals surface area contributed by atoms with Crippen molar-refractivity contribution in [2.24, 2.45) is 17.8 Å². The highest BCUT2D eigenvalue weighted by atomic mass is 16.5. The zero-order valence-electron chi connectivity index (χ0n) is 14.8. The third-order valence-corrected chi connectivity index (χ3v) is 4.87. The molecule has 0 saturated carbocycles. The third-order valence-electron chi connectivity index (χ3n) is 4.87. The SMILES string of the molecule is CCCCC(CC)C(CCC)OC(=O)C1CC=CCC1C(=O)O. The maximum Gasteiger partial charge on any atom is 0.310 e. The van der Waals surface area contributed by atoms with Crippen molar-refractivity contribution in [2.45, 2.75) is 78.2 Å². The molecule has 1 aliphatic carbocycles. The molecule has 0 aliphatic heterocycles. The molecule has 0 radical (unpaired) electrons. The van der Waals surface area contributed by atoms with Crippen LogP contribution in [0.5, 0.6) is 0 Å². The molecule has 23 heavy (non-hydrogen) atoms. The molecule has 0 fully saturated rings. The summed E-state index contributed by atoms with van der Waals surface area (Å²) in [5.41, 5.74) is 0.